The summed E-state index contributed by atoms with van der Waals surface area (Å²) in [5.74, 6) is -0.0936. The molecule has 2 aromatic heterocycles. The van der Waals surface area contributed by atoms with Crippen LogP contribution in [0, 0.1) is 5.82 Å². The van der Waals surface area contributed by atoms with E-state index in [1.807, 2.05) is 5.38 Å². The molecule has 2 heterocycles. The average Bonchev–Trinajstić information content (AvgIpc) is 3.12. The molecule has 0 aliphatic rings. The standard InChI is InChI=1S/C16H15FN2OS/c1-3-9(2)14-8-21-16(19-14)15(20)12-7-18-13-6-10(17)4-5-11(12)13/h4-9,18H,3H2,1-2H3. The lowest BCUT2D eigenvalue weighted by molar-refractivity contribution is 0.103. The van der Waals surface area contributed by atoms with Crippen LogP contribution in [0.25, 0.3) is 10.9 Å². The van der Waals surface area contributed by atoms with E-state index in [-0.39, 0.29) is 11.6 Å². The van der Waals surface area contributed by atoms with Gasteiger partial charge in [-0.1, -0.05) is 13.8 Å². The van der Waals surface area contributed by atoms with Crippen LogP contribution >= 0.6 is 11.3 Å². The molecule has 1 N–H and O–H groups in total. The average molecular weight is 302 g/mol. The van der Waals surface area contributed by atoms with Gasteiger partial charge in [-0.05, 0) is 30.5 Å². The molecule has 5 heteroatoms. The summed E-state index contributed by atoms with van der Waals surface area (Å²) in [6.45, 7) is 4.19. The van der Waals surface area contributed by atoms with E-state index in [2.05, 4.69) is 23.8 Å². The van der Waals surface area contributed by atoms with Crippen LogP contribution < -0.4 is 0 Å². The Kier molecular flexibility index (Phi) is 3.59. The van der Waals surface area contributed by atoms with Crippen LogP contribution in [0.4, 0.5) is 4.39 Å². The van der Waals surface area contributed by atoms with Crippen molar-refractivity contribution in [2.24, 2.45) is 0 Å². The molecule has 1 aromatic carbocycles. The van der Waals surface area contributed by atoms with E-state index >= 15 is 0 Å². The Hall–Kier alpha value is -2.01. The van der Waals surface area contributed by atoms with E-state index in [1.165, 1.54) is 23.5 Å². The number of carbonyl (C=O) groups is 1. The maximum atomic E-state index is 13.2. The molecule has 3 aromatic rings. The van der Waals surface area contributed by atoms with Crippen molar-refractivity contribution in [2.45, 2.75) is 26.2 Å². The molecule has 0 saturated carbocycles. The van der Waals surface area contributed by atoms with Gasteiger partial charge in [0.2, 0.25) is 5.78 Å². The highest BCUT2D eigenvalue weighted by molar-refractivity contribution is 7.12. The summed E-state index contributed by atoms with van der Waals surface area (Å²) in [4.78, 5) is 19.9. The van der Waals surface area contributed by atoms with Gasteiger partial charge in [-0.15, -0.1) is 11.3 Å². The van der Waals surface area contributed by atoms with E-state index in [1.54, 1.807) is 12.3 Å². The van der Waals surface area contributed by atoms with E-state index in [0.29, 0.717) is 22.0 Å². The lowest BCUT2D eigenvalue weighted by Gasteiger charge is -2.02. The van der Waals surface area contributed by atoms with E-state index in [0.717, 1.165) is 17.5 Å². The highest BCUT2D eigenvalue weighted by Crippen LogP contribution is 2.26. The Morgan fingerprint density at radius 2 is 2.29 bits per heavy atom. The first-order valence-electron chi connectivity index (χ1n) is 6.87. The van der Waals surface area contributed by atoms with Crippen molar-refractivity contribution in [1.82, 2.24) is 9.97 Å². The van der Waals surface area contributed by atoms with Gasteiger partial charge < -0.3 is 4.98 Å². The number of hydrogen-bond acceptors (Lipinski definition) is 3. The Morgan fingerprint density at radius 1 is 1.48 bits per heavy atom. The molecule has 0 amide bonds. The number of halogens is 1. The Bertz CT molecular complexity index is 806. The molecule has 1 atom stereocenters. The number of hydrogen-bond donors (Lipinski definition) is 1. The van der Waals surface area contributed by atoms with Crippen LogP contribution in [0.15, 0.2) is 29.8 Å². The fourth-order valence-corrected chi connectivity index (χ4v) is 3.12. The van der Waals surface area contributed by atoms with Crippen LogP contribution in [-0.2, 0) is 0 Å². The van der Waals surface area contributed by atoms with Gasteiger partial charge in [-0.3, -0.25) is 4.79 Å². The lowest BCUT2D eigenvalue weighted by atomic mass is 10.1. The van der Waals surface area contributed by atoms with E-state index < -0.39 is 0 Å². The monoisotopic (exact) mass is 302 g/mol. The predicted octanol–water partition coefficient (Wildman–Crippen LogP) is 4.51. The molecule has 3 nitrogen and oxygen atoms in total. The number of ketones is 1. The van der Waals surface area contributed by atoms with Crippen LogP contribution in [0.2, 0.25) is 0 Å². The third kappa shape index (κ3) is 2.49. The number of fused-ring (bicyclic) bond motifs is 1. The van der Waals surface area contributed by atoms with Crippen molar-refractivity contribution in [2.75, 3.05) is 0 Å². The van der Waals surface area contributed by atoms with Gasteiger partial charge >= 0.3 is 0 Å². The summed E-state index contributed by atoms with van der Waals surface area (Å²) in [5, 5.41) is 3.15. The third-order valence-corrected chi connectivity index (χ3v) is 4.58. The topological polar surface area (TPSA) is 45.8 Å². The molecular formula is C16H15FN2OS. The van der Waals surface area contributed by atoms with Crippen molar-refractivity contribution >= 4 is 28.0 Å². The van der Waals surface area contributed by atoms with Gasteiger partial charge in [-0.2, -0.15) is 0 Å². The number of thiazole rings is 1. The fourth-order valence-electron chi connectivity index (χ4n) is 2.23. The van der Waals surface area contributed by atoms with Gasteiger partial charge in [0.1, 0.15) is 5.82 Å². The summed E-state index contributed by atoms with van der Waals surface area (Å²) >= 11 is 1.36. The smallest absolute Gasteiger partial charge is 0.223 e. The highest BCUT2D eigenvalue weighted by atomic mass is 32.1. The summed E-state index contributed by atoms with van der Waals surface area (Å²) in [6.07, 6.45) is 2.61. The second-order valence-corrected chi connectivity index (χ2v) is 5.97. The minimum absolute atomic E-state index is 0.118. The van der Waals surface area contributed by atoms with Crippen molar-refractivity contribution < 1.29 is 9.18 Å². The SMILES string of the molecule is CCC(C)c1csc(C(=O)c2c[nH]c3cc(F)ccc23)n1. The molecule has 0 radical (unpaired) electrons. The maximum absolute atomic E-state index is 13.2. The number of rotatable bonds is 4. The van der Waals surface area contributed by atoms with Crippen molar-refractivity contribution in [3.63, 3.8) is 0 Å². The number of aromatic nitrogens is 2. The van der Waals surface area contributed by atoms with Crippen LogP contribution in [0.1, 0.15) is 47.2 Å². The first-order chi connectivity index (χ1) is 10.1. The first kappa shape index (κ1) is 13.9. The number of aromatic amines is 1. The molecule has 0 fully saturated rings. The molecule has 0 bridgehead atoms. The van der Waals surface area contributed by atoms with Crippen LogP contribution in [0.3, 0.4) is 0 Å². The second-order valence-electron chi connectivity index (χ2n) is 5.11. The van der Waals surface area contributed by atoms with E-state index in [4.69, 9.17) is 0 Å². The lowest BCUT2D eigenvalue weighted by Crippen LogP contribution is -2.01. The predicted molar refractivity (Wildman–Crippen MR) is 82.5 cm³/mol. The molecular weight excluding hydrogens is 287 g/mol. The van der Waals surface area contributed by atoms with Crippen LogP contribution in [-0.4, -0.2) is 15.8 Å². The molecule has 108 valence electrons. The third-order valence-electron chi connectivity index (χ3n) is 3.72. The highest BCUT2D eigenvalue weighted by Gasteiger charge is 2.19. The summed E-state index contributed by atoms with van der Waals surface area (Å²) in [6, 6.07) is 4.37. The van der Waals surface area contributed by atoms with Crippen molar-refractivity contribution in [3.05, 3.63) is 51.9 Å². The normalized spacial score (nSPS) is 12.7. The van der Waals surface area contributed by atoms with E-state index in [9.17, 15) is 9.18 Å². The van der Waals surface area contributed by atoms with Crippen molar-refractivity contribution in [1.29, 1.82) is 0 Å². The minimum Gasteiger partial charge on any atom is -0.360 e. The molecule has 0 aliphatic heterocycles. The summed E-state index contributed by atoms with van der Waals surface area (Å²) in [7, 11) is 0. The zero-order valence-corrected chi connectivity index (χ0v) is 12.6. The van der Waals surface area contributed by atoms with Crippen LogP contribution in [0.5, 0.6) is 0 Å². The quantitative estimate of drug-likeness (QED) is 0.721. The van der Waals surface area contributed by atoms with Gasteiger partial charge in [0.15, 0.2) is 5.01 Å². The van der Waals surface area contributed by atoms with Crippen molar-refractivity contribution in [3.8, 4) is 0 Å². The second kappa shape index (κ2) is 5.41. The maximum Gasteiger partial charge on any atom is 0.223 e. The van der Waals surface area contributed by atoms with Gasteiger partial charge in [0.05, 0.1) is 11.3 Å². The Balaban J connectivity index is 1.98. The largest absolute Gasteiger partial charge is 0.360 e. The number of carbonyl (C=O) groups excluding carboxylic acids is 1. The first-order valence-corrected chi connectivity index (χ1v) is 7.75. The molecule has 0 spiro atoms. The van der Waals surface area contributed by atoms with Gasteiger partial charge in [0, 0.05) is 22.5 Å². The molecule has 3 rings (SSSR count). The molecule has 1 unspecified atom stereocenters. The number of benzene rings is 1. The molecule has 0 saturated heterocycles. The molecule has 0 aliphatic carbocycles. The fraction of sp³-hybridized carbons (Fsp3) is 0.250. The summed E-state index contributed by atoms with van der Waals surface area (Å²) in [5.41, 5.74) is 2.11. The van der Waals surface area contributed by atoms with Gasteiger partial charge in [0.25, 0.3) is 0 Å². The Morgan fingerprint density at radius 3 is 3.05 bits per heavy atom. The number of nitrogens with one attached hydrogen (secondary N) is 1. The number of H-pyrrole nitrogens is 1. The Labute approximate surface area is 125 Å². The zero-order chi connectivity index (χ0) is 15.0. The minimum atomic E-state index is -0.323. The molecule has 21 heavy (non-hydrogen) atoms. The number of nitrogens with zero attached hydrogens (tertiary/aromatic N) is 1. The zero-order valence-electron chi connectivity index (χ0n) is 11.8. The van der Waals surface area contributed by atoms with Gasteiger partial charge in [-0.25, -0.2) is 9.37 Å². The summed E-state index contributed by atoms with van der Waals surface area (Å²) < 4.78 is 13.2.